The minimum Gasteiger partial charge on any atom is -0.468 e. The second-order valence-electron chi connectivity index (χ2n) is 4.30. The van der Waals surface area contributed by atoms with Crippen molar-refractivity contribution in [1.82, 2.24) is 4.72 Å². The Bertz CT molecular complexity index is 557. The summed E-state index contributed by atoms with van der Waals surface area (Å²) < 4.78 is 44.2. The van der Waals surface area contributed by atoms with Crippen LogP contribution in [0.25, 0.3) is 0 Å². The highest BCUT2D eigenvalue weighted by Gasteiger charge is 2.30. The monoisotopic (exact) mass is 289 g/mol. The van der Waals surface area contributed by atoms with Gasteiger partial charge in [-0.3, -0.25) is 4.79 Å². The van der Waals surface area contributed by atoms with Crippen molar-refractivity contribution >= 4 is 16.0 Å². The van der Waals surface area contributed by atoms with Crippen molar-refractivity contribution in [3.63, 3.8) is 0 Å². The van der Waals surface area contributed by atoms with Gasteiger partial charge >= 0.3 is 5.97 Å². The lowest BCUT2D eigenvalue weighted by Crippen LogP contribution is -2.45. The summed E-state index contributed by atoms with van der Waals surface area (Å²) in [6.45, 7) is 3.32. The molecule has 5 nitrogen and oxygen atoms in total. The molecule has 0 aromatic heterocycles. The van der Waals surface area contributed by atoms with Crippen LogP contribution >= 0.6 is 0 Å². The van der Waals surface area contributed by atoms with Gasteiger partial charge in [-0.05, 0) is 18.1 Å². The number of carbonyl (C=O) groups excluding carboxylic acids is 1. The predicted molar refractivity (Wildman–Crippen MR) is 67.4 cm³/mol. The Kier molecular flexibility index (Phi) is 5.02. The highest BCUT2D eigenvalue weighted by Crippen LogP contribution is 2.15. The summed E-state index contributed by atoms with van der Waals surface area (Å²) in [6.07, 6.45) is 0. The molecular weight excluding hydrogens is 273 g/mol. The molecule has 1 unspecified atom stereocenters. The zero-order chi connectivity index (χ0) is 14.6. The number of hydrogen-bond donors (Lipinski definition) is 1. The Hall–Kier alpha value is -1.47. The molecule has 19 heavy (non-hydrogen) atoms. The number of methoxy groups -OCH3 is 1. The van der Waals surface area contributed by atoms with E-state index in [1.54, 1.807) is 13.8 Å². The Labute approximate surface area is 111 Å². The predicted octanol–water partition coefficient (Wildman–Crippen LogP) is 1.30. The van der Waals surface area contributed by atoms with Gasteiger partial charge in [0, 0.05) is 0 Å². The van der Waals surface area contributed by atoms with Gasteiger partial charge in [0.15, 0.2) is 0 Å². The van der Waals surface area contributed by atoms with Crippen molar-refractivity contribution in [3.8, 4) is 0 Å². The lowest BCUT2D eigenvalue weighted by molar-refractivity contribution is -0.143. The van der Waals surface area contributed by atoms with Crippen LogP contribution in [0.3, 0.4) is 0 Å². The van der Waals surface area contributed by atoms with Gasteiger partial charge in [0.25, 0.3) is 0 Å². The fraction of sp³-hybridized carbons (Fsp3) is 0.417. The molecule has 0 saturated carbocycles. The van der Waals surface area contributed by atoms with Gasteiger partial charge in [0.2, 0.25) is 10.0 Å². The number of sulfonamides is 1. The summed E-state index contributed by atoms with van der Waals surface area (Å²) in [7, 11) is -2.95. The number of esters is 1. The Morgan fingerprint density at radius 2 is 1.89 bits per heavy atom. The topological polar surface area (TPSA) is 72.5 Å². The maximum atomic E-state index is 13.5. The molecule has 0 bridgehead atoms. The molecule has 1 N–H and O–H groups in total. The SMILES string of the molecule is COC(=O)C(NS(=O)(=O)c1ccccc1F)C(C)C. The molecule has 0 aliphatic rings. The quantitative estimate of drug-likeness (QED) is 0.829. The molecule has 0 fully saturated rings. The first-order valence-electron chi connectivity index (χ1n) is 5.64. The largest absolute Gasteiger partial charge is 0.468 e. The van der Waals surface area contributed by atoms with Crippen molar-refractivity contribution in [2.45, 2.75) is 24.8 Å². The second-order valence-corrected chi connectivity index (χ2v) is 5.98. The third-order valence-electron chi connectivity index (χ3n) is 2.53. The molecule has 1 atom stereocenters. The van der Waals surface area contributed by atoms with Crippen LogP contribution in [0.1, 0.15) is 13.8 Å². The molecular formula is C12H16FNO4S. The maximum Gasteiger partial charge on any atom is 0.324 e. The normalized spacial score (nSPS) is 13.3. The van der Waals surface area contributed by atoms with Gasteiger partial charge in [-0.15, -0.1) is 0 Å². The fourth-order valence-corrected chi connectivity index (χ4v) is 2.89. The summed E-state index contributed by atoms with van der Waals surface area (Å²) in [4.78, 5) is 11.0. The van der Waals surface area contributed by atoms with E-state index in [2.05, 4.69) is 9.46 Å². The van der Waals surface area contributed by atoms with Gasteiger partial charge in [-0.1, -0.05) is 26.0 Å². The van der Waals surface area contributed by atoms with E-state index in [0.29, 0.717) is 0 Å². The van der Waals surface area contributed by atoms with Crippen LogP contribution in [0, 0.1) is 11.7 Å². The van der Waals surface area contributed by atoms with Gasteiger partial charge in [-0.2, -0.15) is 4.72 Å². The summed E-state index contributed by atoms with van der Waals surface area (Å²) in [5.41, 5.74) is 0. The van der Waals surface area contributed by atoms with Crippen molar-refractivity contribution in [2.75, 3.05) is 7.11 Å². The smallest absolute Gasteiger partial charge is 0.324 e. The first-order chi connectivity index (χ1) is 8.79. The first kappa shape index (κ1) is 15.6. The summed E-state index contributed by atoms with van der Waals surface area (Å²) in [5.74, 6) is -1.91. The molecule has 0 heterocycles. The molecule has 1 aromatic rings. The number of nitrogens with one attached hydrogen (secondary N) is 1. The Balaban J connectivity index is 3.08. The van der Waals surface area contributed by atoms with Crippen LogP contribution in [0.2, 0.25) is 0 Å². The van der Waals surface area contributed by atoms with Gasteiger partial charge in [-0.25, -0.2) is 12.8 Å². The van der Waals surface area contributed by atoms with Crippen LogP contribution in [0.4, 0.5) is 4.39 Å². The van der Waals surface area contributed by atoms with Crippen molar-refractivity contribution in [3.05, 3.63) is 30.1 Å². The van der Waals surface area contributed by atoms with Crippen molar-refractivity contribution < 1.29 is 22.3 Å². The van der Waals surface area contributed by atoms with E-state index in [-0.39, 0.29) is 5.92 Å². The summed E-state index contributed by atoms with van der Waals surface area (Å²) in [6, 6.07) is 3.90. The van der Waals surface area contributed by atoms with E-state index in [9.17, 15) is 17.6 Å². The molecule has 0 amide bonds. The fourth-order valence-electron chi connectivity index (χ4n) is 1.48. The molecule has 0 aliphatic carbocycles. The van der Waals surface area contributed by atoms with E-state index in [1.165, 1.54) is 12.1 Å². The average Bonchev–Trinajstić information content (AvgIpc) is 2.35. The van der Waals surface area contributed by atoms with Crippen LogP contribution in [-0.2, 0) is 19.6 Å². The molecule has 0 spiro atoms. The molecule has 0 aliphatic heterocycles. The first-order valence-corrected chi connectivity index (χ1v) is 7.12. The Morgan fingerprint density at radius 1 is 1.32 bits per heavy atom. The zero-order valence-corrected chi connectivity index (χ0v) is 11.7. The molecule has 106 valence electrons. The minimum absolute atomic E-state index is 0.325. The summed E-state index contributed by atoms with van der Waals surface area (Å²) in [5, 5.41) is 0. The highest BCUT2D eigenvalue weighted by atomic mass is 32.2. The van der Waals surface area contributed by atoms with Crippen LogP contribution in [0.15, 0.2) is 29.2 Å². The van der Waals surface area contributed by atoms with E-state index in [1.807, 2.05) is 0 Å². The number of hydrogen-bond acceptors (Lipinski definition) is 4. The molecule has 0 saturated heterocycles. The minimum atomic E-state index is -4.12. The zero-order valence-electron chi connectivity index (χ0n) is 10.9. The van der Waals surface area contributed by atoms with Crippen LogP contribution in [0.5, 0.6) is 0 Å². The van der Waals surface area contributed by atoms with Crippen LogP contribution < -0.4 is 4.72 Å². The number of rotatable bonds is 5. The maximum absolute atomic E-state index is 13.5. The van der Waals surface area contributed by atoms with Gasteiger partial charge in [0.1, 0.15) is 16.8 Å². The summed E-state index contributed by atoms with van der Waals surface area (Å²) >= 11 is 0. The molecule has 7 heteroatoms. The molecule has 1 rings (SSSR count). The molecule has 0 radical (unpaired) electrons. The number of halogens is 1. The standard InChI is InChI=1S/C12H16FNO4S/c1-8(2)11(12(15)18-3)14-19(16,17)10-7-5-4-6-9(10)13/h4-8,11,14H,1-3H3. The third-order valence-corrected chi connectivity index (χ3v) is 4.00. The van der Waals surface area contributed by atoms with E-state index >= 15 is 0 Å². The number of benzene rings is 1. The lowest BCUT2D eigenvalue weighted by Gasteiger charge is -2.19. The number of ether oxygens (including phenoxy) is 1. The number of carbonyl (C=O) groups is 1. The van der Waals surface area contributed by atoms with Crippen molar-refractivity contribution in [1.29, 1.82) is 0 Å². The third kappa shape index (κ3) is 3.74. The van der Waals surface area contributed by atoms with Crippen LogP contribution in [-0.4, -0.2) is 27.5 Å². The molecule has 1 aromatic carbocycles. The van der Waals surface area contributed by atoms with Crippen molar-refractivity contribution in [2.24, 2.45) is 5.92 Å². The highest BCUT2D eigenvalue weighted by molar-refractivity contribution is 7.89. The Morgan fingerprint density at radius 3 is 2.37 bits per heavy atom. The van der Waals surface area contributed by atoms with Gasteiger partial charge < -0.3 is 4.74 Å². The lowest BCUT2D eigenvalue weighted by atomic mass is 10.1. The van der Waals surface area contributed by atoms with E-state index in [0.717, 1.165) is 19.2 Å². The van der Waals surface area contributed by atoms with E-state index < -0.39 is 32.7 Å². The van der Waals surface area contributed by atoms with Gasteiger partial charge in [0.05, 0.1) is 7.11 Å². The van der Waals surface area contributed by atoms with E-state index in [4.69, 9.17) is 0 Å². The average molecular weight is 289 g/mol. The second kappa shape index (κ2) is 6.12.